The predicted molar refractivity (Wildman–Crippen MR) is 105 cm³/mol. The van der Waals surface area contributed by atoms with E-state index in [1.807, 2.05) is 0 Å². The molecule has 0 saturated carbocycles. The van der Waals surface area contributed by atoms with Gasteiger partial charge in [-0.1, -0.05) is 87.9 Å². The summed E-state index contributed by atoms with van der Waals surface area (Å²) in [4.78, 5) is 0. The second kappa shape index (κ2) is 6.00. The number of nitrogens with one attached hydrogen (secondary N) is 1. The Morgan fingerprint density at radius 3 is 1.57 bits per heavy atom. The summed E-state index contributed by atoms with van der Waals surface area (Å²) in [6.07, 6.45) is 0. The van der Waals surface area contributed by atoms with Gasteiger partial charge in [-0.25, -0.2) is 0 Å². The maximum Gasteiger partial charge on any atom is 0.0381 e. The molecule has 0 unspecified atom stereocenters. The van der Waals surface area contributed by atoms with Crippen molar-refractivity contribution >= 4 is 5.69 Å². The second-order valence-corrected chi connectivity index (χ2v) is 9.93. The molecular weight excluding hydrogens is 278 g/mol. The van der Waals surface area contributed by atoms with Gasteiger partial charge >= 0.3 is 0 Å². The largest absolute Gasteiger partial charge is 0.359 e. The lowest BCUT2D eigenvalue weighted by Gasteiger charge is -2.51. The van der Waals surface area contributed by atoms with E-state index in [4.69, 9.17) is 0 Å². The van der Waals surface area contributed by atoms with E-state index in [9.17, 15) is 0 Å². The van der Waals surface area contributed by atoms with Crippen LogP contribution in [0, 0.1) is 16.2 Å². The Morgan fingerprint density at radius 2 is 1.22 bits per heavy atom. The number of rotatable bonds is 4. The summed E-state index contributed by atoms with van der Waals surface area (Å²) in [6.45, 7) is 27.1. The highest BCUT2D eigenvalue weighted by atomic mass is 14.9. The zero-order valence-corrected chi connectivity index (χ0v) is 17.0. The summed E-state index contributed by atoms with van der Waals surface area (Å²) in [5, 5.41) is 3.44. The summed E-state index contributed by atoms with van der Waals surface area (Å²) in [7, 11) is 0. The normalized spacial score (nSPS) is 13.8. The van der Waals surface area contributed by atoms with Gasteiger partial charge in [-0.15, -0.1) is 0 Å². The van der Waals surface area contributed by atoms with Crippen LogP contribution in [-0.2, 0) is 5.41 Å². The Labute approximate surface area is 144 Å². The smallest absolute Gasteiger partial charge is 0.0381 e. The fraction of sp³-hybridized carbons (Fsp3) is 0.636. The van der Waals surface area contributed by atoms with Crippen molar-refractivity contribution in [2.75, 3.05) is 5.32 Å². The second-order valence-electron chi connectivity index (χ2n) is 9.93. The highest BCUT2D eigenvalue weighted by Gasteiger charge is 2.46. The van der Waals surface area contributed by atoms with Crippen LogP contribution in [0.2, 0.25) is 0 Å². The molecule has 0 spiro atoms. The molecule has 0 aliphatic carbocycles. The van der Waals surface area contributed by atoms with E-state index in [1.165, 1.54) is 5.56 Å². The van der Waals surface area contributed by atoms with Crippen LogP contribution < -0.4 is 5.32 Å². The number of allylic oxidation sites excluding steroid dienone is 1. The third-order valence-corrected chi connectivity index (χ3v) is 6.24. The molecule has 130 valence electrons. The highest BCUT2D eigenvalue weighted by molar-refractivity contribution is 5.50. The van der Waals surface area contributed by atoms with Crippen LogP contribution in [0.4, 0.5) is 5.69 Å². The van der Waals surface area contributed by atoms with E-state index in [0.717, 1.165) is 11.4 Å². The first-order valence-electron chi connectivity index (χ1n) is 8.67. The standard InChI is InChI=1S/C22H37N/c1-16(19(2,3)4)23-18-14-12-17(13-15-18)21(8,9)22(10,11)20(5,6)7/h12-15,23H,1H2,2-11H3. The fourth-order valence-corrected chi connectivity index (χ4v) is 2.63. The number of anilines is 1. The van der Waals surface area contributed by atoms with Crippen molar-refractivity contribution in [1.29, 1.82) is 0 Å². The molecule has 0 heterocycles. The molecule has 0 atom stereocenters. The number of hydrogen-bond donors (Lipinski definition) is 1. The van der Waals surface area contributed by atoms with Crippen molar-refractivity contribution in [2.45, 2.75) is 74.7 Å². The molecule has 0 amide bonds. The summed E-state index contributed by atoms with van der Waals surface area (Å²) < 4.78 is 0. The van der Waals surface area contributed by atoms with Crippen molar-refractivity contribution in [3.05, 3.63) is 42.1 Å². The van der Waals surface area contributed by atoms with Gasteiger partial charge in [0, 0.05) is 16.8 Å². The monoisotopic (exact) mass is 315 g/mol. The van der Waals surface area contributed by atoms with Gasteiger partial charge in [-0.05, 0) is 33.9 Å². The topological polar surface area (TPSA) is 12.0 Å². The van der Waals surface area contributed by atoms with Gasteiger partial charge in [0.25, 0.3) is 0 Å². The molecule has 23 heavy (non-hydrogen) atoms. The van der Waals surface area contributed by atoms with Crippen molar-refractivity contribution in [1.82, 2.24) is 0 Å². The van der Waals surface area contributed by atoms with Crippen LogP contribution >= 0.6 is 0 Å². The SMILES string of the molecule is C=C(Nc1ccc(C(C)(C)C(C)(C)C(C)(C)C)cc1)C(C)(C)C. The summed E-state index contributed by atoms with van der Waals surface area (Å²) >= 11 is 0. The van der Waals surface area contributed by atoms with Gasteiger partial charge in [0.05, 0.1) is 0 Å². The average molecular weight is 316 g/mol. The molecule has 0 aliphatic rings. The molecule has 0 aliphatic heterocycles. The highest BCUT2D eigenvalue weighted by Crippen LogP contribution is 2.52. The molecular formula is C22H37N. The molecule has 0 aromatic heterocycles. The Bertz CT molecular complexity index is 545. The first kappa shape index (κ1) is 19.8. The van der Waals surface area contributed by atoms with E-state index < -0.39 is 0 Å². The molecule has 1 nitrogen and oxygen atoms in total. The van der Waals surface area contributed by atoms with Gasteiger partial charge in [-0.2, -0.15) is 0 Å². The minimum absolute atomic E-state index is 0.0617. The molecule has 0 fully saturated rings. The molecule has 0 bridgehead atoms. The Balaban J connectivity index is 3.07. The number of hydrogen-bond acceptors (Lipinski definition) is 1. The maximum absolute atomic E-state index is 4.15. The summed E-state index contributed by atoms with van der Waals surface area (Å²) in [5.41, 5.74) is 4.08. The lowest BCUT2D eigenvalue weighted by Crippen LogP contribution is -2.45. The van der Waals surface area contributed by atoms with Gasteiger partial charge < -0.3 is 5.32 Å². The van der Waals surface area contributed by atoms with Gasteiger partial charge in [0.1, 0.15) is 0 Å². The van der Waals surface area contributed by atoms with E-state index >= 15 is 0 Å². The van der Waals surface area contributed by atoms with Crippen LogP contribution in [0.25, 0.3) is 0 Å². The van der Waals surface area contributed by atoms with Crippen LogP contribution in [0.15, 0.2) is 36.5 Å². The first-order valence-corrected chi connectivity index (χ1v) is 8.67. The van der Waals surface area contributed by atoms with Gasteiger partial charge in [0.2, 0.25) is 0 Å². The van der Waals surface area contributed by atoms with Crippen molar-refractivity contribution in [3.63, 3.8) is 0 Å². The summed E-state index contributed by atoms with van der Waals surface area (Å²) in [6, 6.07) is 8.86. The Kier molecular flexibility index (Phi) is 5.17. The lowest BCUT2D eigenvalue weighted by molar-refractivity contribution is 0.0456. The van der Waals surface area contributed by atoms with Crippen molar-refractivity contribution in [3.8, 4) is 0 Å². The quantitative estimate of drug-likeness (QED) is 0.630. The van der Waals surface area contributed by atoms with E-state index in [2.05, 4.69) is 105 Å². The zero-order chi connectivity index (χ0) is 18.3. The minimum Gasteiger partial charge on any atom is -0.359 e. The fourth-order valence-electron chi connectivity index (χ4n) is 2.63. The Morgan fingerprint density at radius 1 is 0.783 bits per heavy atom. The third-order valence-electron chi connectivity index (χ3n) is 6.24. The minimum atomic E-state index is 0.0617. The van der Waals surface area contributed by atoms with Crippen LogP contribution in [0.1, 0.15) is 74.8 Å². The predicted octanol–water partition coefficient (Wildman–Crippen LogP) is 7.01. The molecule has 1 aromatic carbocycles. The van der Waals surface area contributed by atoms with E-state index in [1.54, 1.807) is 0 Å². The maximum atomic E-state index is 4.15. The van der Waals surface area contributed by atoms with Crippen LogP contribution in [-0.4, -0.2) is 0 Å². The summed E-state index contributed by atoms with van der Waals surface area (Å²) in [5.74, 6) is 0. The van der Waals surface area contributed by atoms with Crippen molar-refractivity contribution in [2.24, 2.45) is 16.2 Å². The number of benzene rings is 1. The van der Waals surface area contributed by atoms with Crippen LogP contribution in [0.3, 0.4) is 0 Å². The molecule has 1 heteroatoms. The Hall–Kier alpha value is -1.24. The van der Waals surface area contributed by atoms with E-state index in [0.29, 0.717) is 0 Å². The zero-order valence-electron chi connectivity index (χ0n) is 17.0. The van der Waals surface area contributed by atoms with Gasteiger partial charge in [-0.3, -0.25) is 0 Å². The molecule has 1 rings (SSSR count). The van der Waals surface area contributed by atoms with Gasteiger partial charge in [0.15, 0.2) is 0 Å². The third kappa shape index (κ3) is 4.00. The van der Waals surface area contributed by atoms with E-state index in [-0.39, 0.29) is 21.7 Å². The van der Waals surface area contributed by atoms with Crippen LogP contribution in [0.5, 0.6) is 0 Å². The lowest BCUT2D eigenvalue weighted by atomic mass is 9.53. The first-order chi connectivity index (χ1) is 10.1. The molecule has 1 aromatic rings. The van der Waals surface area contributed by atoms with Crippen molar-refractivity contribution < 1.29 is 0 Å². The molecule has 0 saturated heterocycles. The molecule has 0 radical (unpaired) electrons. The average Bonchev–Trinajstić information content (AvgIpc) is 2.36. The molecule has 1 N–H and O–H groups in total.